The molecule has 0 aromatic heterocycles. The molecule has 1 aliphatic heterocycles. The second-order valence-corrected chi connectivity index (χ2v) is 3.00. The Kier molecular flexibility index (Phi) is 1.68. The second kappa shape index (κ2) is 2.31. The molecule has 0 radical (unpaired) electrons. The van der Waals surface area contributed by atoms with Crippen LogP contribution in [0.2, 0.25) is 0 Å². The van der Waals surface area contributed by atoms with Crippen molar-refractivity contribution in [3.05, 3.63) is 0 Å². The minimum atomic E-state index is -0.0394. The molecule has 0 saturated carbocycles. The maximum atomic E-state index is 10.4. The molecule has 0 unspecified atom stereocenters. The molecule has 1 aliphatic rings. The number of hydrogen-bond acceptors (Lipinski definition) is 3. The van der Waals surface area contributed by atoms with Crippen LogP contribution in [-0.2, 0) is 9.59 Å². The molecule has 0 N–H and O–H groups in total. The molecular weight excluding hydrogens is 124 g/mol. The molecule has 0 spiro atoms. The van der Waals surface area contributed by atoms with Crippen LogP contribution in [-0.4, -0.2) is 16.7 Å². The molecule has 0 aliphatic carbocycles. The van der Waals surface area contributed by atoms with Crippen LogP contribution in [0.1, 0.15) is 12.8 Å². The lowest BCUT2D eigenvalue weighted by Gasteiger charge is -1.88. The van der Waals surface area contributed by atoms with Crippen molar-refractivity contribution in [1.29, 1.82) is 0 Å². The molecular formula is C5H6O2S. The maximum absolute atomic E-state index is 10.4. The van der Waals surface area contributed by atoms with E-state index in [0.717, 1.165) is 24.5 Å². The van der Waals surface area contributed by atoms with Gasteiger partial charge in [0, 0.05) is 6.42 Å². The summed E-state index contributed by atoms with van der Waals surface area (Å²) in [5.74, 6) is 0. The van der Waals surface area contributed by atoms with Crippen LogP contribution in [0, 0.1) is 0 Å². The number of rotatable bonds is 1. The first-order valence-electron chi connectivity index (χ1n) is 2.47. The molecule has 8 heavy (non-hydrogen) atoms. The molecule has 1 atom stereocenters. The van der Waals surface area contributed by atoms with Crippen LogP contribution in [0.4, 0.5) is 0 Å². The van der Waals surface area contributed by atoms with Crippen LogP contribution >= 0.6 is 11.8 Å². The van der Waals surface area contributed by atoms with Crippen molar-refractivity contribution in [2.75, 3.05) is 0 Å². The Hall–Kier alpha value is -0.310. The Labute approximate surface area is 51.6 Å². The van der Waals surface area contributed by atoms with Gasteiger partial charge in [0.05, 0.1) is 5.25 Å². The number of aldehydes is 1. The van der Waals surface area contributed by atoms with E-state index in [2.05, 4.69) is 0 Å². The molecule has 1 saturated heterocycles. The summed E-state index contributed by atoms with van der Waals surface area (Å²) in [4.78, 5) is 20.4. The second-order valence-electron chi connectivity index (χ2n) is 1.70. The molecule has 44 valence electrons. The summed E-state index contributed by atoms with van der Waals surface area (Å²) in [6, 6.07) is 0. The summed E-state index contributed by atoms with van der Waals surface area (Å²) in [6.45, 7) is 0. The lowest BCUT2D eigenvalue weighted by molar-refractivity contribution is -0.110. The van der Waals surface area contributed by atoms with Crippen molar-refractivity contribution in [2.45, 2.75) is 18.1 Å². The van der Waals surface area contributed by atoms with E-state index in [1.54, 1.807) is 0 Å². The number of hydrogen-bond donors (Lipinski definition) is 0. The summed E-state index contributed by atoms with van der Waals surface area (Å²) in [5, 5.41) is 0.115. The molecule has 2 nitrogen and oxygen atoms in total. The van der Waals surface area contributed by atoms with Crippen LogP contribution in [0.15, 0.2) is 0 Å². The molecule has 1 fully saturated rings. The van der Waals surface area contributed by atoms with Gasteiger partial charge in [-0.15, -0.1) is 0 Å². The van der Waals surface area contributed by atoms with E-state index in [1.807, 2.05) is 0 Å². The first-order chi connectivity index (χ1) is 3.83. The minimum absolute atomic E-state index is 0.0394. The molecule has 0 aromatic rings. The molecule has 0 bridgehead atoms. The van der Waals surface area contributed by atoms with Crippen molar-refractivity contribution in [3.63, 3.8) is 0 Å². The van der Waals surface area contributed by atoms with Gasteiger partial charge in [-0.1, -0.05) is 11.8 Å². The normalized spacial score (nSPS) is 28.5. The van der Waals surface area contributed by atoms with E-state index < -0.39 is 0 Å². The van der Waals surface area contributed by atoms with Gasteiger partial charge in [-0.3, -0.25) is 4.79 Å². The van der Waals surface area contributed by atoms with Gasteiger partial charge in [0.25, 0.3) is 0 Å². The van der Waals surface area contributed by atoms with E-state index >= 15 is 0 Å². The molecule has 3 heteroatoms. The average Bonchev–Trinajstić information content (AvgIpc) is 2.14. The highest BCUT2D eigenvalue weighted by atomic mass is 32.2. The zero-order valence-electron chi connectivity index (χ0n) is 4.29. The van der Waals surface area contributed by atoms with Crippen molar-refractivity contribution in [3.8, 4) is 0 Å². The Balaban J connectivity index is 2.43. The summed E-state index contributed by atoms with van der Waals surface area (Å²) < 4.78 is 0. The fourth-order valence-corrected chi connectivity index (χ4v) is 1.51. The highest BCUT2D eigenvalue weighted by Gasteiger charge is 2.21. The smallest absolute Gasteiger partial charge is 0.189 e. The fraction of sp³-hybridized carbons (Fsp3) is 0.600. The van der Waals surface area contributed by atoms with Crippen molar-refractivity contribution in [2.24, 2.45) is 0 Å². The van der Waals surface area contributed by atoms with Crippen LogP contribution < -0.4 is 0 Å². The molecule has 0 aromatic carbocycles. The predicted molar refractivity (Wildman–Crippen MR) is 31.7 cm³/mol. The van der Waals surface area contributed by atoms with Crippen LogP contribution in [0.5, 0.6) is 0 Å². The summed E-state index contributed by atoms with van der Waals surface area (Å²) in [6.07, 6.45) is 2.16. The molecule has 0 amide bonds. The zero-order chi connectivity index (χ0) is 5.98. The van der Waals surface area contributed by atoms with Crippen molar-refractivity contribution in [1.82, 2.24) is 0 Å². The first-order valence-corrected chi connectivity index (χ1v) is 3.35. The molecule has 1 rings (SSSR count). The lowest BCUT2D eigenvalue weighted by Crippen LogP contribution is -1.95. The Morgan fingerprint density at radius 1 is 1.75 bits per heavy atom. The summed E-state index contributed by atoms with van der Waals surface area (Å²) in [7, 11) is 0. The summed E-state index contributed by atoms with van der Waals surface area (Å²) >= 11 is 1.16. The van der Waals surface area contributed by atoms with Gasteiger partial charge in [0.15, 0.2) is 5.12 Å². The fourth-order valence-electron chi connectivity index (χ4n) is 0.643. The van der Waals surface area contributed by atoms with Crippen LogP contribution in [0.25, 0.3) is 0 Å². The van der Waals surface area contributed by atoms with E-state index in [1.165, 1.54) is 0 Å². The largest absolute Gasteiger partial charge is 0.302 e. The third kappa shape index (κ3) is 1.10. The van der Waals surface area contributed by atoms with Crippen LogP contribution in [0.3, 0.4) is 0 Å². The van der Waals surface area contributed by atoms with Gasteiger partial charge >= 0.3 is 0 Å². The van der Waals surface area contributed by atoms with Crippen molar-refractivity contribution < 1.29 is 9.59 Å². The van der Waals surface area contributed by atoms with E-state index in [4.69, 9.17) is 0 Å². The third-order valence-corrected chi connectivity index (χ3v) is 2.18. The van der Waals surface area contributed by atoms with Gasteiger partial charge in [-0.05, 0) is 6.42 Å². The van der Waals surface area contributed by atoms with Gasteiger partial charge in [0.1, 0.15) is 6.29 Å². The standard InChI is InChI=1S/C5H6O2S/c6-3-4-1-2-5(7)8-4/h3-4H,1-2H2/t4-/m1/s1. The quantitative estimate of drug-likeness (QED) is 0.488. The number of thioether (sulfide) groups is 1. The zero-order valence-corrected chi connectivity index (χ0v) is 5.11. The van der Waals surface area contributed by atoms with E-state index in [-0.39, 0.29) is 10.4 Å². The van der Waals surface area contributed by atoms with Gasteiger partial charge < -0.3 is 4.79 Å². The lowest BCUT2D eigenvalue weighted by atomic mass is 10.3. The number of carbonyl (C=O) groups is 2. The van der Waals surface area contributed by atoms with E-state index in [0.29, 0.717) is 6.42 Å². The predicted octanol–water partition coefficient (Wildman–Crippen LogP) is 0.608. The van der Waals surface area contributed by atoms with Gasteiger partial charge in [-0.25, -0.2) is 0 Å². The SMILES string of the molecule is O=C[C@H]1CCC(=O)S1. The average molecular weight is 130 g/mol. The van der Waals surface area contributed by atoms with Gasteiger partial charge in [0.2, 0.25) is 0 Å². The number of carbonyl (C=O) groups excluding carboxylic acids is 2. The third-order valence-electron chi connectivity index (χ3n) is 1.07. The monoisotopic (exact) mass is 130 g/mol. The first kappa shape index (κ1) is 5.82. The Morgan fingerprint density at radius 2 is 2.50 bits per heavy atom. The van der Waals surface area contributed by atoms with Gasteiger partial charge in [-0.2, -0.15) is 0 Å². The van der Waals surface area contributed by atoms with Crippen molar-refractivity contribution >= 4 is 23.2 Å². The minimum Gasteiger partial charge on any atom is -0.302 e. The topological polar surface area (TPSA) is 34.1 Å². The maximum Gasteiger partial charge on any atom is 0.189 e. The molecule has 1 heterocycles. The van der Waals surface area contributed by atoms with E-state index in [9.17, 15) is 9.59 Å². The summed E-state index contributed by atoms with van der Waals surface area (Å²) in [5.41, 5.74) is 0. The Bertz CT molecular complexity index is 122. The highest BCUT2D eigenvalue weighted by molar-refractivity contribution is 8.15. The Morgan fingerprint density at radius 3 is 2.75 bits per heavy atom. The highest BCUT2D eigenvalue weighted by Crippen LogP contribution is 2.25.